The lowest BCUT2D eigenvalue weighted by Gasteiger charge is -2.02. The molecule has 0 unspecified atom stereocenters. The Kier molecular flexibility index (Phi) is 6.08. The molecule has 0 atom stereocenters. The normalized spacial score (nSPS) is 11.3. The molecule has 2 aromatic heterocycles. The maximum Gasteiger partial charge on any atom is 0.331 e. The van der Waals surface area contributed by atoms with Gasteiger partial charge in [0.05, 0.1) is 12.7 Å². The van der Waals surface area contributed by atoms with E-state index in [-0.39, 0.29) is 12.4 Å². The summed E-state index contributed by atoms with van der Waals surface area (Å²) in [6.45, 7) is 2.41. The number of ketones is 1. The number of carbonyl (C=O) groups excluding carboxylic acids is 2. The Morgan fingerprint density at radius 3 is 2.77 bits per heavy atom. The Balaban J connectivity index is 1.33. The van der Waals surface area contributed by atoms with Crippen LogP contribution in [0, 0.1) is 0 Å². The molecule has 0 aliphatic heterocycles. The third kappa shape index (κ3) is 4.80. The van der Waals surface area contributed by atoms with Gasteiger partial charge in [0.15, 0.2) is 6.61 Å². The van der Waals surface area contributed by atoms with Gasteiger partial charge in [0, 0.05) is 40.5 Å². The summed E-state index contributed by atoms with van der Waals surface area (Å²) in [6.07, 6.45) is 9.00. The predicted molar refractivity (Wildman–Crippen MR) is 120 cm³/mol. The zero-order valence-corrected chi connectivity index (χ0v) is 17.2. The van der Waals surface area contributed by atoms with Crippen molar-refractivity contribution in [2.45, 2.75) is 19.9 Å². The van der Waals surface area contributed by atoms with Gasteiger partial charge in [-0.3, -0.25) is 9.48 Å². The van der Waals surface area contributed by atoms with E-state index in [4.69, 9.17) is 4.74 Å². The maximum atomic E-state index is 12.5. The molecule has 4 rings (SSSR count). The lowest BCUT2D eigenvalue weighted by Crippen LogP contribution is -2.12. The molecule has 6 nitrogen and oxygen atoms in total. The third-order valence-electron chi connectivity index (χ3n) is 5.08. The molecule has 0 spiro atoms. The molecule has 0 fully saturated rings. The van der Waals surface area contributed by atoms with Crippen molar-refractivity contribution < 1.29 is 14.3 Å². The van der Waals surface area contributed by atoms with Crippen LogP contribution in [0.15, 0.2) is 73.2 Å². The van der Waals surface area contributed by atoms with Gasteiger partial charge in [-0.25, -0.2) is 4.79 Å². The highest BCUT2D eigenvalue weighted by molar-refractivity contribution is 6.09. The van der Waals surface area contributed by atoms with E-state index in [9.17, 15) is 9.59 Å². The maximum absolute atomic E-state index is 12.5. The van der Waals surface area contributed by atoms with Crippen LogP contribution in [0.4, 0.5) is 0 Å². The molecule has 0 amide bonds. The number of aromatic amines is 1. The van der Waals surface area contributed by atoms with E-state index >= 15 is 0 Å². The van der Waals surface area contributed by atoms with Crippen LogP contribution in [0.2, 0.25) is 0 Å². The number of aromatic nitrogens is 3. The first-order valence-corrected chi connectivity index (χ1v) is 10.2. The first kappa shape index (κ1) is 20.3. The summed E-state index contributed by atoms with van der Waals surface area (Å²) in [5.41, 5.74) is 4.55. The zero-order chi connectivity index (χ0) is 21.6. The first-order valence-electron chi connectivity index (χ1n) is 10.2. The van der Waals surface area contributed by atoms with Crippen molar-refractivity contribution >= 4 is 28.7 Å². The molecule has 31 heavy (non-hydrogen) atoms. The van der Waals surface area contributed by atoms with Crippen molar-refractivity contribution in [1.82, 2.24) is 14.8 Å². The van der Waals surface area contributed by atoms with E-state index in [0.29, 0.717) is 12.1 Å². The van der Waals surface area contributed by atoms with Gasteiger partial charge in [-0.05, 0) is 23.6 Å². The van der Waals surface area contributed by atoms with Crippen molar-refractivity contribution in [2.75, 3.05) is 6.61 Å². The number of rotatable bonds is 8. The molecule has 0 saturated carbocycles. The molecule has 0 saturated heterocycles. The van der Waals surface area contributed by atoms with Gasteiger partial charge in [-0.2, -0.15) is 5.10 Å². The van der Waals surface area contributed by atoms with Crippen molar-refractivity contribution in [2.24, 2.45) is 0 Å². The number of aryl methyl sites for hydroxylation is 1. The second-order valence-electron chi connectivity index (χ2n) is 7.22. The molecule has 156 valence electrons. The molecule has 0 radical (unpaired) electrons. The van der Waals surface area contributed by atoms with E-state index < -0.39 is 5.97 Å². The molecular formula is C25H23N3O3. The summed E-state index contributed by atoms with van der Waals surface area (Å²) in [7, 11) is 0. The SMILES string of the molecule is CCc1cccc2c(C(=O)COC(=O)/C=C/c3cnn(Cc4ccccc4)c3)c[nH]c12. The number of carbonyl (C=O) groups is 2. The number of para-hydroxylation sites is 1. The summed E-state index contributed by atoms with van der Waals surface area (Å²) in [5.74, 6) is -0.810. The van der Waals surface area contributed by atoms with Gasteiger partial charge < -0.3 is 9.72 Å². The molecule has 0 bridgehead atoms. The Bertz CT molecular complexity index is 1240. The van der Waals surface area contributed by atoms with E-state index in [1.165, 1.54) is 6.08 Å². The predicted octanol–water partition coefficient (Wildman–Crippen LogP) is 4.41. The van der Waals surface area contributed by atoms with Crippen LogP contribution in [0.1, 0.15) is 34.0 Å². The molecule has 0 aliphatic rings. The second kappa shape index (κ2) is 9.26. The van der Waals surface area contributed by atoms with E-state index in [1.54, 1.807) is 23.2 Å². The molecule has 2 aromatic carbocycles. The average molecular weight is 413 g/mol. The Morgan fingerprint density at radius 1 is 1.13 bits per heavy atom. The number of benzene rings is 2. The minimum atomic E-state index is -0.571. The standard InChI is InChI=1S/C25H23N3O3/c1-2-20-9-6-10-21-22(14-26-25(20)21)23(29)17-31-24(30)12-11-19-13-27-28(16-19)15-18-7-4-3-5-8-18/h3-14,16,26H,2,15,17H2,1H3/b12-11+. The van der Waals surface area contributed by atoms with E-state index in [1.807, 2.05) is 54.7 Å². The summed E-state index contributed by atoms with van der Waals surface area (Å²) >= 11 is 0. The number of Topliss-reactive ketones (excluding diaryl/α,β-unsaturated/α-hetero) is 1. The summed E-state index contributed by atoms with van der Waals surface area (Å²) in [4.78, 5) is 27.8. The van der Waals surface area contributed by atoms with Gasteiger partial charge >= 0.3 is 5.97 Å². The minimum Gasteiger partial charge on any atom is -0.454 e. The number of esters is 1. The largest absolute Gasteiger partial charge is 0.454 e. The highest BCUT2D eigenvalue weighted by Crippen LogP contribution is 2.22. The van der Waals surface area contributed by atoms with Crippen molar-refractivity contribution in [3.8, 4) is 0 Å². The fourth-order valence-corrected chi connectivity index (χ4v) is 3.49. The highest BCUT2D eigenvalue weighted by atomic mass is 16.5. The Hall–Kier alpha value is -3.93. The molecular weight excluding hydrogens is 390 g/mol. The van der Waals surface area contributed by atoms with E-state index in [0.717, 1.165) is 34.0 Å². The number of fused-ring (bicyclic) bond motifs is 1. The zero-order valence-electron chi connectivity index (χ0n) is 17.2. The second-order valence-corrected chi connectivity index (χ2v) is 7.22. The summed E-state index contributed by atoms with van der Waals surface area (Å²) in [5, 5.41) is 5.14. The summed E-state index contributed by atoms with van der Waals surface area (Å²) in [6, 6.07) is 15.8. The van der Waals surface area contributed by atoms with Gasteiger partial charge in [-0.1, -0.05) is 55.5 Å². The summed E-state index contributed by atoms with van der Waals surface area (Å²) < 4.78 is 6.94. The van der Waals surface area contributed by atoms with Gasteiger partial charge in [-0.15, -0.1) is 0 Å². The van der Waals surface area contributed by atoms with Crippen LogP contribution in [0.3, 0.4) is 0 Å². The van der Waals surface area contributed by atoms with Crippen LogP contribution in [-0.4, -0.2) is 33.1 Å². The monoisotopic (exact) mass is 413 g/mol. The lowest BCUT2D eigenvalue weighted by atomic mass is 10.1. The number of H-pyrrole nitrogens is 1. The molecule has 1 N–H and O–H groups in total. The fourth-order valence-electron chi connectivity index (χ4n) is 3.49. The van der Waals surface area contributed by atoms with Crippen LogP contribution in [-0.2, 0) is 22.5 Å². The van der Waals surface area contributed by atoms with E-state index in [2.05, 4.69) is 17.0 Å². The number of ether oxygens (including phenoxy) is 1. The topological polar surface area (TPSA) is 77.0 Å². The van der Waals surface area contributed by atoms with Crippen LogP contribution >= 0.6 is 0 Å². The minimum absolute atomic E-state index is 0.239. The number of nitrogens with zero attached hydrogens (tertiary/aromatic N) is 2. The lowest BCUT2D eigenvalue weighted by molar-refractivity contribution is -0.136. The van der Waals surface area contributed by atoms with Crippen molar-refractivity contribution in [3.05, 3.63) is 95.5 Å². The molecule has 4 aromatic rings. The van der Waals surface area contributed by atoms with Crippen LogP contribution in [0.5, 0.6) is 0 Å². The molecule has 6 heteroatoms. The first-order chi connectivity index (χ1) is 15.1. The van der Waals surface area contributed by atoms with Crippen LogP contribution < -0.4 is 0 Å². The number of hydrogen-bond acceptors (Lipinski definition) is 4. The third-order valence-corrected chi connectivity index (χ3v) is 5.08. The van der Waals surface area contributed by atoms with Gasteiger partial charge in [0.2, 0.25) is 5.78 Å². The Labute approximate surface area is 180 Å². The Morgan fingerprint density at radius 2 is 1.97 bits per heavy atom. The number of nitrogens with one attached hydrogen (secondary N) is 1. The quantitative estimate of drug-likeness (QED) is 0.264. The van der Waals surface area contributed by atoms with Crippen molar-refractivity contribution in [3.63, 3.8) is 0 Å². The average Bonchev–Trinajstić information content (AvgIpc) is 3.43. The fraction of sp³-hybridized carbons (Fsp3) is 0.160. The molecule has 0 aliphatic carbocycles. The van der Waals surface area contributed by atoms with Crippen molar-refractivity contribution in [1.29, 1.82) is 0 Å². The van der Waals surface area contributed by atoms with Crippen LogP contribution in [0.25, 0.3) is 17.0 Å². The van der Waals surface area contributed by atoms with Gasteiger partial charge in [0.1, 0.15) is 0 Å². The molecule has 2 heterocycles. The number of hydrogen-bond donors (Lipinski definition) is 1. The smallest absolute Gasteiger partial charge is 0.331 e. The van der Waals surface area contributed by atoms with Gasteiger partial charge in [0.25, 0.3) is 0 Å². The highest BCUT2D eigenvalue weighted by Gasteiger charge is 2.15.